The van der Waals surface area contributed by atoms with E-state index in [1.165, 1.54) is 19.4 Å². The third-order valence-corrected chi connectivity index (χ3v) is 4.79. The van der Waals surface area contributed by atoms with Crippen molar-refractivity contribution in [2.75, 3.05) is 7.05 Å². The Kier molecular flexibility index (Phi) is 4.54. The van der Waals surface area contributed by atoms with Gasteiger partial charge in [0.1, 0.15) is 12.0 Å². The van der Waals surface area contributed by atoms with E-state index in [0.29, 0.717) is 22.4 Å². The van der Waals surface area contributed by atoms with Crippen LogP contribution in [-0.2, 0) is 6.18 Å². The van der Waals surface area contributed by atoms with Crippen molar-refractivity contribution in [1.29, 1.82) is 0 Å². The van der Waals surface area contributed by atoms with Crippen LogP contribution in [0, 0.1) is 0 Å². The van der Waals surface area contributed by atoms with Gasteiger partial charge >= 0.3 is 6.18 Å². The summed E-state index contributed by atoms with van der Waals surface area (Å²) in [5, 5.41) is 3.26. The second-order valence-electron chi connectivity index (χ2n) is 6.21. The zero-order valence-corrected chi connectivity index (χ0v) is 15.6. The van der Waals surface area contributed by atoms with Gasteiger partial charge in [0.25, 0.3) is 5.91 Å². The molecule has 0 aliphatic heterocycles. The number of fused-ring (bicyclic) bond motifs is 1. The van der Waals surface area contributed by atoms with Crippen LogP contribution in [0.15, 0.2) is 42.9 Å². The molecular formula is C19H13ClF3N5O. The van der Waals surface area contributed by atoms with Crippen LogP contribution in [0.4, 0.5) is 13.2 Å². The number of alkyl halides is 3. The number of nitrogens with one attached hydrogen (secondary N) is 3. The van der Waals surface area contributed by atoms with Crippen molar-refractivity contribution in [3.8, 4) is 22.6 Å². The van der Waals surface area contributed by atoms with Crippen LogP contribution in [0.25, 0.3) is 33.7 Å². The molecule has 3 heterocycles. The molecule has 1 amide bonds. The zero-order chi connectivity index (χ0) is 20.8. The molecule has 0 saturated carbocycles. The van der Waals surface area contributed by atoms with Crippen molar-refractivity contribution in [1.82, 2.24) is 25.3 Å². The van der Waals surface area contributed by atoms with Crippen molar-refractivity contribution in [2.45, 2.75) is 6.18 Å². The number of carbonyl (C=O) groups is 1. The number of aromatic amines is 2. The van der Waals surface area contributed by atoms with E-state index < -0.39 is 17.6 Å². The number of H-pyrrole nitrogens is 2. The predicted molar refractivity (Wildman–Crippen MR) is 103 cm³/mol. The number of benzene rings is 1. The highest BCUT2D eigenvalue weighted by atomic mass is 35.5. The topological polar surface area (TPSA) is 86.5 Å². The SMILES string of the molecule is CNC(=O)c1cc(-c2ncnc3[nH]ccc23)[nH]c1-c1cc(C(F)(F)F)ccc1Cl. The second-order valence-corrected chi connectivity index (χ2v) is 6.61. The summed E-state index contributed by atoms with van der Waals surface area (Å²) < 4.78 is 39.6. The Morgan fingerprint density at radius 3 is 2.69 bits per heavy atom. The van der Waals surface area contributed by atoms with Gasteiger partial charge in [0.05, 0.1) is 28.2 Å². The van der Waals surface area contributed by atoms with E-state index in [-0.39, 0.29) is 21.8 Å². The predicted octanol–water partition coefficient (Wildman–Crippen LogP) is 4.65. The molecule has 0 unspecified atom stereocenters. The molecule has 3 N–H and O–H groups in total. The van der Waals surface area contributed by atoms with Crippen LogP contribution in [0.3, 0.4) is 0 Å². The van der Waals surface area contributed by atoms with Crippen molar-refractivity contribution in [3.05, 3.63) is 59.0 Å². The molecule has 6 nitrogen and oxygen atoms in total. The number of aromatic nitrogens is 4. The zero-order valence-electron chi connectivity index (χ0n) is 14.9. The van der Waals surface area contributed by atoms with Crippen molar-refractivity contribution in [3.63, 3.8) is 0 Å². The Bertz CT molecular complexity index is 1230. The third kappa shape index (κ3) is 3.33. The van der Waals surface area contributed by atoms with E-state index in [1.54, 1.807) is 12.3 Å². The summed E-state index contributed by atoms with van der Waals surface area (Å²) in [7, 11) is 1.43. The molecule has 148 valence electrons. The van der Waals surface area contributed by atoms with Gasteiger partial charge in [-0.15, -0.1) is 0 Å². The van der Waals surface area contributed by atoms with Crippen molar-refractivity contribution < 1.29 is 18.0 Å². The summed E-state index contributed by atoms with van der Waals surface area (Å²) in [6.07, 6.45) is -1.51. The third-order valence-electron chi connectivity index (χ3n) is 4.46. The maximum atomic E-state index is 13.2. The minimum absolute atomic E-state index is 0.0608. The molecule has 0 radical (unpaired) electrons. The first-order valence-corrected chi connectivity index (χ1v) is 8.78. The summed E-state index contributed by atoms with van der Waals surface area (Å²) in [4.78, 5) is 26.8. The Balaban J connectivity index is 1.95. The fourth-order valence-corrected chi connectivity index (χ4v) is 3.30. The van der Waals surface area contributed by atoms with Crippen molar-refractivity contribution in [2.24, 2.45) is 0 Å². The molecule has 0 aliphatic carbocycles. The van der Waals surface area contributed by atoms with Crippen LogP contribution in [0.1, 0.15) is 15.9 Å². The monoisotopic (exact) mass is 419 g/mol. The lowest BCUT2D eigenvalue weighted by molar-refractivity contribution is -0.137. The first-order valence-electron chi connectivity index (χ1n) is 8.40. The van der Waals surface area contributed by atoms with Gasteiger partial charge in [-0.05, 0) is 30.3 Å². The number of amides is 1. The maximum Gasteiger partial charge on any atom is 0.416 e. The summed E-state index contributed by atoms with van der Waals surface area (Å²) in [6.45, 7) is 0. The number of hydrogen-bond acceptors (Lipinski definition) is 3. The van der Waals surface area contributed by atoms with Gasteiger partial charge in [-0.25, -0.2) is 9.97 Å². The van der Waals surface area contributed by atoms with E-state index in [2.05, 4.69) is 25.3 Å². The largest absolute Gasteiger partial charge is 0.416 e. The Morgan fingerprint density at radius 1 is 1.17 bits per heavy atom. The highest BCUT2D eigenvalue weighted by Crippen LogP contribution is 2.38. The van der Waals surface area contributed by atoms with Crippen LogP contribution in [0.5, 0.6) is 0 Å². The Morgan fingerprint density at radius 2 is 1.97 bits per heavy atom. The Hall–Kier alpha value is -3.33. The molecule has 3 aromatic heterocycles. The number of nitrogens with zero attached hydrogens (tertiary/aromatic N) is 2. The fourth-order valence-electron chi connectivity index (χ4n) is 3.09. The van der Waals surface area contributed by atoms with Gasteiger partial charge in [-0.2, -0.15) is 13.2 Å². The van der Waals surface area contributed by atoms with Crippen molar-refractivity contribution >= 4 is 28.5 Å². The molecule has 0 aliphatic rings. The van der Waals surface area contributed by atoms with E-state index in [9.17, 15) is 18.0 Å². The molecule has 10 heteroatoms. The van der Waals surface area contributed by atoms with E-state index >= 15 is 0 Å². The van der Waals surface area contributed by atoms with Crippen LogP contribution in [0.2, 0.25) is 5.02 Å². The summed E-state index contributed by atoms with van der Waals surface area (Å²) in [5.41, 5.74) is 1.03. The molecule has 0 spiro atoms. The van der Waals surface area contributed by atoms with Gasteiger partial charge in [0, 0.05) is 29.2 Å². The van der Waals surface area contributed by atoms with Crippen LogP contribution in [-0.4, -0.2) is 32.9 Å². The second kappa shape index (κ2) is 6.93. The van der Waals surface area contributed by atoms with Gasteiger partial charge < -0.3 is 15.3 Å². The highest BCUT2D eigenvalue weighted by Gasteiger charge is 2.32. The van der Waals surface area contributed by atoms with E-state index in [0.717, 1.165) is 18.2 Å². The number of halogens is 4. The number of hydrogen-bond donors (Lipinski definition) is 3. The molecule has 0 fully saturated rings. The lowest BCUT2D eigenvalue weighted by atomic mass is 10.0. The van der Waals surface area contributed by atoms with E-state index in [4.69, 9.17) is 11.6 Å². The molecule has 4 rings (SSSR count). The minimum Gasteiger partial charge on any atom is -0.355 e. The molecule has 4 aromatic rings. The average Bonchev–Trinajstić information content (AvgIpc) is 3.33. The average molecular weight is 420 g/mol. The normalized spacial score (nSPS) is 11.8. The summed E-state index contributed by atoms with van der Waals surface area (Å²) in [5.74, 6) is -0.477. The maximum absolute atomic E-state index is 13.2. The lowest BCUT2D eigenvalue weighted by Gasteiger charge is -2.11. The molecule has 0 saturated heterocycles. The van der Waals surface area contributed by atoms with Gasteiger partial charge in [-0.3, -0.25) is 4.79 Å². The molecular weight excluding hydrogens is 407 g/mol. The number of rotatable bonds is 3. The van der Waals surface area contributed by atoms with Gasteiger partial charge in [0.2, 0.25) is 0 Å². The standard InChI is InChI=1S/C19H13ClF3N5O/c1-24-18(29)12-7-14(16-10-4-5-25-17(10)27-8-26-16)28-15(12)11-6-9(19(21,22)23)2-3-13(11)20/h2-8,28H,1H3,(H,24,29)(H,25,26,27). The number of carbonyl (C=O) groups excluding carboxylic acids is 1. The molecule has 0 bridgehead atoms. The van der Waals surface area contributed by atoms with Crippen LogP contribution < -0.4 is 5.32 Å². The highest BCUT2D eigenvalue weighted by molar-refractivity contribution is 6.33. The fraction of sp³-hybridized carbons (Fsp3) is 0.105. The van der Waals surface area contributed by atoms with Gasteiger partial charge in [-0.1, -0.05) is 11.6 Å². The smallest absolute Gasteiger partial charge is 0.355 e. The molecule has 0 atom stereocenters. The Labute approximate surface area is 167 Å². The first kappa shape index (κ1) is 19.0. The summed E-state index contributed by atoms with van der Waals surface area (Å²) >= 11 is 6.18. The first-order chi connectivity index (χ1) is 13.8. The van der Waals surface area contributed by atoms with Gasteiger partial charge in [0.15, 0.2) is 0 Å². The van der Waals surface area contributed by atoms with Crippen LogP contribution >= 0.6 is 11.6 Å². The lowest BCUT2D eigenvalue weighted by Crippen LogP contribution is -2.18. The minimum atomic E-state index is -4.55. The quantitative estimate of drug-likeness (QED) is 0.451. The molecule has 29 heavy (non-hydrogen) atoms. The van der Waals surface area contributed by atoms with E-state index in [1.807, 2.05) is 0 Å². The summed E-state index contributed by atoms with van der Waals surface area (Å²) in [6, 6.07) is 6.25. The molecule has 1 aromatic carbocycles.